The molecule has 0 bridgehead atoms. The topological polar surface area (TPSA) is 137 Å². The summed E-state index contributed by atoms with van der Waals surface area (Å²) >= 11 is 0. The predicted molar refractivity (Wildman–Crippen MR) is 146 cm³/mol. The number of nitrogens with one attached hydrogen (secondary N) is 2. The minimum Gasteiger partial charge on any atom is -0.432 e. The van der Waals surface area contributed by atoms with Crippen molar-refractivity contribution in [1.29, 1.82) is 0 Å². The summed E-state index contributed by atoms with van der Waals surface area (Å²) in [7, 11) is 0. The molecule has 0 saturated carbocycles. The van der Waals surface area contributed by atoms with E-state index in [0.717, 1.165) is 44.9 Å². The van der Waals surface area contributed by atoms with Crippen LogP contribution in [0.1, 0.15) is 104 Å². The molecule has 0 aliphatic rings. The molecule has 0 saturated heterocycles. The lowest BCUT2D eigenvalue weighted by molar-refractivity contribution is -0.384. The van der Waals surface area contributed by atoms with Gasteiger partial charge in [-0.25, -0.2) is 4.79 Å². The fourth-order valence-corrected chi connectivity index (χ4v) is 3.84. The molecule has 38 heavy (non-hydrogen) atoms. The fraction of sp³-hybridized carbons (Fsp3) is 0.679. The summed E-state index contributed by atoms with van der Waals surface area (Å²) in [6, 6.07) is 4.41. The van der Waals surface area contributed by atoms with Gasteiger partial charge in [0.25, 0.3) is 5.69 Å². The molecule has 0 radical (unpaired) electrons. The van der Waals surface area contributed by atoms with E-state index in [0.29, 0.717) is 12.8 Å². The van der Waals surface area contributed by atoms with Crippen molar-refractivity contribution in [3.63, 3.8) is 0 Å². The molecule has 2 amide bonds. The third-order valence-electron chi connectivity index (χ3n) is 6.08. The average Bonchev–Trinajstić information content (AvgIpc) is 2.90. The lowest BCUT2D eigenvalue weighted by Gasteiger charge is -2.19. The Balaban J connectivity index is 2.51. The molecular formula is C28H45N3O7. The first-order valence-corrected chi connectivity index (χ1v) is 14.0. The zero-order valence-electron chi connectivity index (χ0n) is 23.0. The van der Waals surface area contributed by atoms with Gasteiger partial charge in [-0.05, 0) is 25.0 Å². The Morgan fingerprint density at radius 1 is 0.816 bits per heavy atom. The van der Waals surface area contributed by atoms with Crippen molar-refractivity contribution in [3.05, 3.63) is 34.4 Å². The van der Waals surface area contributed by atoms with Crippen LogP contribution in [0.25, 0.3) is 0 Å². The van der Waals surface area contributed by atoms with Gasteiger partial charge in [0.1, 0.15) is 12.4 Å². The molecule has 1 atom stereocenters. The number of ether oxygens (including phenoxy) is 2. The zero-order chi connectivity index (χ0) is 28.0. The highest BCUT2D eigenvalue weighted by Crippen LogP contribution is 2.17. The summed E-state index contributed by atoms with van der Waals surface area (Å²) < 4.78 is 10.2. The SMILES string of the molecule is CCCCCCCCC(=O)NCC(COC(=O)Oc1ccc([N+](=O)[O-])cc1)NC(=O)CCCCCCCC. The van der Waals surface area contributed by atoms with Gasteiger partial charge in [-0.1, -0.05) is 78.1 Å². The van der Waals surface area contributed by atoms with Crippen LogP contribution in [-0.2, 0) is 14.3 Å². The molecule has 1 rings (SSSR count). The molecule has 0 aliphatic heterocycles. The van der Waals surface area contributed by atoms with Crippen molar-refractivity contribution in [2.75, 3.05) is 13.2 Å². The Morgan fingerprint density at radius 2 is 1.34 bits per heavy atom. The van der Waals surface area contributed by atoms with Crippen molar-refractivity contribution in [3.8, 4) is 5.75 Å². The first-order chi connectivity index (χ1) is 18.3. The van der Waals surface area contributed by atoms with Crippen LogP contribution in [0.2, 0.25) is 0 Å². The van der Waals surface area contributed by atoms with Crippen LogP contribution >= 0.6 is 0 Å². The van der Waals surface area contributed by atoms with Crippen molar-refractivity contribution in [1.82, 2.24) is 10.6 Å². The molecule has 0 spiro atoms. The predicted octanol–water partition coefficient (Wildman–Crippen LogP) is 6.21. The molecule has 0 heterocycles. The third-order valence-corrected chi connectivity index (χ3v) is 6.08. The second-order valence-electron chi connectivity index (χ2n) is 9.52. The quantitative estimate of drug-likeness (QED) is 0.0627. The number of amides is 2. The number of hydrogen-bond donors (Lipinski definition) is 2. The van der Waals surface area contributed by atoms with E-state index in [9.17, 15) is 24.5 Å². The van der Waals surface area contributed by atoms with E-state index in [1.165, 1.54) is 56.4 Å². The molecule has 0 aliphatic carbocycles. The first-order valence-electron chi connectivity index (χ1n) is 14.0. The third kappa shape index (κ3) is 16.6. The Kier molecular flexibility index (Phi) is 18.0. The van der Waals surface area contributed by atoms with Gasteiger partial charge in [0.2, 0.25) is 11.8 Å². The van der Waals surface area contributed by atoms with Crippen molar-refractivity contribution in [2.24, 2.45) is 0 Å². The van der Waals surface area contributed by atoms with Crippen LogP contribution in [0, 0.1) is 10.1 Å². The van der Waals surface area contributed by atoms with Crippen LogP contribution < -0.4 is 15.4 Å². The molecule has 2 N–H and O–H groups in total. The monoisotopic (exact) mass is 535 g/mol. The molecule has 10 heteroatoms. The zero-order valence-corrected chi connectivity index (χ0v) is 23.0. The summed E-state index contributed by atoms with van der Waals surface area (Å²) in [5.41, 5.74) is -0.129. The maximum atomic E-state index is 12.5. The first kappa shape index (κ1) is 32.9. The Hall–Kier alpha value is -3.17. The molecule has 0 fully saturated rings. The van der Waals surface area contributed by atoms with Crippen molar-refractivity contribution >= 4 is 23.7 Å². The van der Waals surface area contributed by atoms with E-state index in [2.05, 4.69) is 24.5 Å². The Bertz CT molecular complexity index is 830. The number of unbranched alkanes of at least 4 members (excludes halogenated alkanes) is 10. The number of hydrogen-bond acceptors (Lipinski definition) is 7. The van der Waals surface area contributed by atoms with E-state index >= 15 is 0 Å². The van der Waals surface area contributed by atoms with Crippen molar-refractivity contribution in [2.45, 2.75) is 110 Å². The van der Waals surface area contributed by atoms with E-state index < -0.39 is 17.1 Å². The number of carbonyl (C=O) groups excluding carboxylic acids is 3. The van der Waals surface area contributed by atoms with Gasteiger partial charge in [-0.15, -0.1) is 0 Å². The number of nitro benzene ring substituents is 1. The van der Waals surface area contributed by atoms with Crippen LogP contribution in [0.15, 0.2) is 24.3 Å². The number of benzene rings is 1. The molecule has 10 nitrogen and oxygen atoms in total. The number of non-ortho nitro benzene ring substituents is 1. The maximum Gasteiger partial charge on any atom is 0.513 e. The largest absolute Gasteiger partial charge is 0.513 e. The standard InChI is InChI=1S/C28H45N3O7/c1-3-5-7-9-11-13-15-26(32)29-21-23(30-27(33)16-14-12-10-8-6-4-2)22-37-28(34)38-25-19-17-24(18-20-25)31(35)36/h17-20,23H,3-16,21-22H2,1-2H3,(H,29,32)(H,30,33). The van der Waals surface area contributed by atoms with E-state index in [1.54, 1.807) is 0 Å². The lowest BCUT2D eigenvalue weighted by atomic mass is 10.1. The van der Waals surface area contributed by atoms with Gasteiger partial charge in [0, 0.05) is 31.5 Å². The van der Waals surface area contributed by atoms with Gasteiger partial charge < -0.3 is 20.1 Å². The lowest BCUT2D eigenvalue weighted by Crippen LogP contribution is -2.46. The number of nitro groups is 1. The summed E-state index contributed by atoms with van der Waals surface area (Å²) in [6.07, 6.45) is 12.6. The molecule has 214 valence electrons. The highest BCUT2D eigenvalue weighted by atomic mass is 16.7. The smallest absolute Gasteiger partial charge is 0.432 e. The maximum absolute atomic E-state index is 12.5. The van der Waals surface area contributed by atoms with E-state index in [4.69, 9.17) is 9.47 Å². The summed E-state index contributed by atoms with van der Waals surface area (Å²) in [6.45, 7) is 4.26. The normalized spacial score (nSPS) is 11.4. The minimum atomic E-state index is -1.01. The van der Waals surface area contributed by atoms with Crippen molar-refractivity contribution < 1.29 is 28.8 Å². The van der Waals surface area contributed by atoms with Crippen LogP contribution in [-0.4, -0.2) is 42.1 Å². The molecule has 1 aromatic rings. The van der Waals surface area contributed by atoms with Crippen LogP contribution in [0.3, 0.4) is 0 Å². The average molecular weight is 536 g/mol. The minimum absolute atomic E-state index is 0.0940. The van der Waals surface area contributed by atoms with Gasteiger partial charge in [-0.2, -0.15) is 0 Å². The molecular weight excluding hydrogens is 490 g/mol. The summed E-state index contributed by atoms with van der Waals surface area (Å²) in [5, 5.41) is 16.4. The number of nitrogens with zero attached hydrogens (tertiary/aromatic N) is 1. The summed E-state index contributed by atoms with van der Waals surface area (Å²) in [4.78, 5) is 47.1. The number of rotatable bonds is 21. The van der Waals surface area contributed by atoms with Crippen LogP contribution in [0.4, 0.5) is 10.5 Å². The van der Waals surface area contributed by atoms with Crippen LogP contribution in [0.5, 0.6) is 5.75 Å². The second-order valence-corrected chi connectivity index (χ2v) is 9.52. The Morgan fingerprint density at radius 3 is 1.89 bits per heavy atom. The molecule has 0 aromatic heterocycles. The van der Waals surface area contributed by atoms with Gasteiger partial charge in [0.05, 0.1) is 11.0 Å². The highest BCUT2D eigenvalue weighted by Gasteiger charge is 2.17. The highest BCUT2D eigenvalue weighted by molar-refractivity contribution is 5.77. The molecule has 1 aromatic carbocycles. The van der Waals surface area contributed by atoms with Gasteiger partial charge >= 0.3 is 6.16 Å². The van der Waals surface area contributed by atoms with Gasteiger partial charge in [0.15, 0.2) is 0 Å². The molecule has 1 unspecified atom stereocenters. The summed E-state index contributed by atoms with van der Waals surface area (Å²) in [5.74, 6) is -0.177. The van der Waals surface area contributed by atoms with Gasteiger partial charge in [-0.3, -0.25) is 19.7 Å². The number of carbonyl (C=O) groups is 3. The van der Waals surface area contributed by atoms with E-state index in [1.807, 2.05) is 0 Å². The fourth-order valence-electron chi connectivity index (χ4n) is 3.84. The Labute approximate surface area is 226 Å². The van der Waals surface area contributed by atoms with E-state index in [-0.39, 0.29) is 36.4 Å². The second kappa shape index (κ2) is 20.8.